The third kappa shape index (κ3) is 5.85. The lowest BCUT2D eigenvalue weighted by molar-refractivity contribution is 0.00578. The molecule has 1 fully saturated rings. The number of nitrogens with one attached hydrogen (secondary N) is 1. The Kier molecular flexibility index (Phi) is 8.27. The number of hydrogen-bond acceptors (Lipinski definition) is 7. The fraction of sp³-hybridized carbons (Fsp3) is 0.333. The number of carbonyl (C=O) groups is 2. The van der Waals surface area contributed by atoms with Crippen LogP contribution in [0.2, 0.25) is 0 Å². The second kappa shape index (κ2) is 11.8. The summed E-state index contributed by atoms with van der Waals surface area (Å²) in [6, 6.07) is 19.1. The van der Waals surface area contributed by atoms with Gasteiger partial charge in [-0.15, -0.1) is 0 Å². The van der Waals surface area contributed by atoms with Crippen LogP contribution in [-0.4, -0.2) is 62.9 Å². The van der Waals surface area contributed by atoms with E-state index >= 15 is 0 Å². The molecule has 9 nitrogen and oxygen atoms in total. The van der Waals surface area contributed by atoms with E-state index in [0.717, 1.165) is 22.3 Å². The van der Waals surface area contributed by atoms with Gasteiger partial charge in [-0.25, -0.2) is 9.59 Å². The molecule has 0 saturated carbocycles. The third-order valence-corrected chi connectivity index (χ3v) is 8.46. The fourth-order valence-corrected chi connectivity index (χ4v) is 5.41. The van der Waals surface area contributed by atoms with Gasteiger partial charge < -0.3 is 33.9 Å². The van der Waals surface area contributed by atoms with Crippen molar-refractivity contribution in [1.82, 2.24) is 5.32 Å². The summed E-state index contributed by atoms with van der Waals surface area (Å²) in [6.45, 7) is 7.95. The van der Waals surface area contributed by atoms with Gasteiger partial charge in [-0.3, -0.25) is 0 Å². The highest BCUT2D eigenvalue weighted by atomic mass is 16.7. The van der Waals surface area contributed by atoms with Gasteiger partial charge in [0.1, 0.15) is 18.1 Å². The molecule has 224 valence electrons. The third-order valence-electron chi connectivity index (χ3n) is 8.46. The van der Waals surface area contributed by atoms with Gasteiger partial charge >= 0.3 is 19.2 Å². The minimum atomic E-state index is -1.12. The van der Waals surface area contributed by atoms with Gasteiger partial charge in [-0.2, -0.15) is 0 Å². The summed E-state index contributed by atoms with van der Waals surface area (Å²) < 4.78 is 29.4. The summed E-state index contributed by atoms with van der Waals surface area (Å²) in [5.41, 5.74) is 4.33. The monoisotopic (exact) mass is 585 g/mol. The number of fused-ring (bicyclic) bond motifs is 3. The topological polar surface area (TPSA) is 113 Å². The molecule has 5 rings (SSSR count). The van der Waals surface area contributed by atoms with Crippen molar-refractivity contribution in [3.05, 3.63) is 88.4 Å². The predicted octanol–water partition coefficient (Wildman–Crippen LogP) is 5.96. The number of benzene rings is 3. The Bertz CT molecular complexity index is 1490. The fourth-order valence-electron chi connectivity index (χ4n) is 5.41. The van der Waals surface area contributed by atoms with Gasteiger partial charge in [0.05, 0.1) is 36.5 Å². The van der Waals surface area contributed by atoms with E-state index in [-0.39, 0.29) is 36.1 Å². The number of ether oxygens (including phenoxy) is 3. The van der Waals surface area contributed by atoms with E-state index in [1.807, 2.05) is 52.0 Å². The van der Waals surface area contributed by atoms with E-state index in [2.05, 4.69) is 29.6 Å². The number of aromatic carboxylic acids is 1. The zero-order valence-electron chi connectivity index (χ0n) is 25.2. The van der Waals surface area contributed by atoms with E-state index in [9.17, 15) is 14.7 Å². The first-order valence-corrected chi connectivity index (χ1v) is 14.1. The molecule has 1 aliphatic carbocycles. The van der Waals surface area contributed by atoms with Crippen molar-refractivity contribution < 1.29 is 38.2 Å². The first kappa shape index (κ1) is 30.2. The molecule has 0 atom stereocenters. The van der Waals surface area contributed by atoms with Crippen molar-refractivity contribution in [1.29, 1.82) is 0 Å². The highest BCUT2D eigenvalue weighted by molar-refractivity contribution is 6.56. The number of carboxylic acids is 1. The standard InChI is InChI=1S/C33H36BNO8/c1-32(2)33(3,4)43-34(42-32)21(17-26-28(39-5)15-20(30(36)37)16-29(26)40-6)18-35-31(38)41-19-27-24-13-9-7-11-22(24)23-12-8-10-14-25(23)27/h7-17,27H,18-19H2,1-6H3,(H,35,38)(H,36,37). The number of methoxy groups -OCH3 is 2. The van der Waals surface area contributed by atoms with Crippen LogP contribution in [0.3, 0.4) is 0 Å². The first-order chi connectivity index (χ1) is 20.5. The number of carboxylic acid groups (broad SMARTS) is 1. The minimum absolute atomic E-state index is 0.0137. The van der Waals surface area contributed by atoms with Crippen LogP contribution in [0.4, 0.5) is 4.79 Å². The molecule has 3 aromatic carbocycles. The lowest BCUT2D eigenvalue weighted by Gasteiger charge is -2.32. The lowest BCUT2D eigenvalue weighted by Crippen LogP contribution is -2.41. The van der Waals surface area contributed by atoms with Crippen LogP contribution < -0.4 is 14.8 Å². The normalized spacial score (nSPS) is 16.8. The van der Waals surface area contributed by atoms with Crippen molar-refractivity contribution in [3.63, 3.8) is 0 Å². The quantitative estimate of drug-likeness (QED) is 0.296. The summed E-state index contributed by atoms with van der Waals surface area (Å²) in [5.74, 6) is -0.619. The summed E-state index contributed by atoms with van der Waals surface area (Å²) in [7, 11) is 2.08. The Hall–Kier alpha value is -4.28. The Balaban J connectivity index is 1.39. The smallest absolute Gasteiger partial charge is 0.492 e. The SMILES string of the molecule is COc1cc(C(=O)O)cc(OC)c1C=C(CNC(=O)OCC1c2ccccc2-c2ccccc21)B1OC(C)(C)C(C)(C)O1. The molecular formula is C33H36BNO8. The molecule has 1 aliphatic heterocycles. The number of alkyl carbamates (subject to hydrolysis) is 1. The van der Waals surface area contributed by atoms with E-state index in [1.165, 1.54) is 26.4 Å². The average molecular weight is 585 g/mol. The minimum Gasteiger partial charge on any atom is -0.496 e. The molecule has 3 aromatic rings. The second-order valence-electron chi connectivity index (χ2n) is 11.6. The number of hydrogen-bond donors (Lipinski definition) is 2. The molecule has 2 aliphatic rings. The molecule has 0 aromatic heterocycles. The molecule has 0 unspecified atom stereocenters. The van der Waals surface area contributed by atoms with E-state index in [4.69, 9.17) is 23.5 Å². The van der Waals surface area contributed by atoms with E-state index in [0.29, 0.717) is 11.0 Å². The molecule has 0 spiro atoms. The molecule has 0 bridgehead atoms. The zero-order valence-corrected chi connectivity index (χ0v) is 25.2. The van der Waals surface area contributed by atoms with Gasteiger partial charge in [0, 0.05) is 12.5 Å². The molecular weight excluding hydrogens is 549 g/mol. The molecule has 2 N–H and O–H groups in total. The summed E-state index contributed by atoms with van der Waals surface area (Å²) in [5, 5.41) is 12.4. The Labute approximate surface area is 251 Å². The highest BCUT2D eigenvalue weighted by Crippen LogP contribution is 2.44. The van der Waals surface area contributed by atoms with Crippen molar-refractivity contribution in [2.45, 2.75) is 44.8 Å². The molecule has 10 heteroatoms. The van der Waals surface area contributed by atoms with Gasteiger partial charge in [-0.05, 0) is 73.6 Å². The van der Waals surface area contributed by atoms with Gasteiger partial charge in [0.15, 0.2) is 0 Å². The maximum absolute atomic E-state index is 13.1. The van der Waals surface area contributed by atoms with Crippen molar-refractivity contribution in [2.24, 2.45) is 0 Å². The van der Waals surface area contributed by atoms with Gasteiger partial charge in [0.25, 0.3) is 0 Å². The first-order valence-electron chi connectivity index (χ1n) is 14.1. The Morgan fingerprint density at radius 2 is 1.42 bits per heavy atom. The zero-order chi connectivity index (χ0) is 30.9. The molecule has 1 heterocycles. The molecule has 43 heavy (non-hydrogen) atoms. The Morgan fingerprint density at radius 1 is 0.907 bits per heavy atom. The summed E-state index contributed by atoms with van der Waals surface area (Å²) in [4.78, 5) is 24.7. The van der Waals surface area contributed by atoms with Crippen LogP contribution in [-0.2, 0) is 14.0 Å². The van der Waals surface area contributed by atoms with Crippen molar-refractivity contribution in [2.75, 3.05) is 27.4 Å². The van der Waals surface area contributed by atoms with Crippen LogP contribution >= 0.6 is 0 Å². The highest BCUT2D eigenvalue weighted by Gasteiger charge is 2.52. The average Bonchev–Trinajstić information content (AvgIpc) is 3.42. The van der Waals surface area contributed by atoms with E-state index in [1.54, 1.807) is 6.08 Å². The van der Waals surface area contributed by atoms with Crippen LogP contribution in [0.25, 0.3) is 17.2 Å². The van der Waals surface area contributed by atoms with Gasteiger partial charge in [0.2, 0.25) is 0 Å². The van der Waals surface area contributed by atoms with Crippen molar-refractivity contribution >= 4 is 25.3 Å². The number of rotatable bonds is 9. The molecule has 0 radical (unpaired) electrons. The summed E-state index contributed by atoms with van der Waals surface area (Å²) in [6.07, 6.45) is 1.14. The number of amides is 1. The van der Waals surface area contributed by atoms with Crippen molar-refractivity contribution in [3.8, 4) is 22.6 Å². The van der Waals surface area contributed by atoms with Crippen LogP contribution in [0.15, 0.2) is 66.1 Å². The van der Waals surface area contributed by atoms with Crippen LogP contribution in [0, 0.1) is 0 Å². The molecule has 1 amide bonds. The van der Waals surface area contributed by atoms with E-state index < -0.39 is 30.4 Å². The lowest BCUT2D eigenvalue weighted by atomic mass is 9.76. The second-order valence-corrected chi connectivity index (χ2v) is 11.6. The number of carbonyl (C=O) groups excluding carboxylic acids is 1. The van der Waals surface area contributed by atoms with Crippen LogP contribution in [0.1, 0.15) is 60.7 Å². The van der Waals surface area contributed by atoms with Gasteiger partial charge in [-0.1, -0.05) is 48.5 Å². The largest absolute Gasteiger partial charge is 0.496 e. The van der Waals surface area contributed by atoms with Crippen LogP contribution in [0.5, 0.6) is 11.5 Å². The maximum atomic E-state index is 13.1. The molecule has 1 saturated heterocycles. The predicted molar refractivity (Wildman–Crippen MR) is 164 cm³/mol. The Morgan fingerprint density at radius 3 is 1.91 bits per heavy atom. The summed E-state index contributed by atoms with van der Waals surface area (Å²) >= 11 is 0. The maximum Gasteiger partial charge on any atom is 0.492 e.